The second-order valence-corrected chi connectivity index (χ2v) is 8.28. The van der Waals surface area contributed by atoms with E-state index in [0.717, 1.165) is 5.56 Å². The first-order valence-corrected chi connectivity index (χ1v) is 10.9. The van der Waals surface area contributed by atoms with Gasteiger partial charge in [-0.05, 0) is 29.7 Å². The fraction of sp³-hybridized carbons (Fsp3) is 0.292. The quantitative estimate of drug-likeness (QED) is 0.298. The van der Waals surface area contributed by atoms with E-state index in [1.165, 1.54) is 22.5 Å². The number of hydrogen-bond acceptors (Lipinski definition) is 7. The number of carbonyl (C=O) groups excluding carboxylic acids is 2. The van der Waals surface area contributed by atoms with E-state index in [9.17, 15) is 14.4 Å². The summed E-state index contributed by atoms with van der Waals surface area (Å²) in [5.74, 6) is 0.0506. The largest absolute Gasteiger partial charge is 0.468 e. The smallest absolute Gasteiger partial charge is 0.323 e. The molecule has 1 unspecified atom stereocenters. The van der Waals surface area contributed by atoms with E-state index in [1.807, 2.05) is 42.8 Å². The molecule has 4 heterocycles. The third-order valence-electron chi connectivity index (χ3n) is 5.52. The van der Waals surface area contributed by atoms with Gasteiger partial charge in [0.05, 0.1) is 19.3 Å². The highest BCUT2D eigenvalue weighted by Gasteiger charge is 2.22. The third kappa shape index (κ3) is 4.81. The monoisotopic (exact) mass is 462 g/mol. The second-order valence-electron chi connectivity index (χ2n) is 8.28. The van der Waals surface area contributed by atoms with Gasteiger partial charge in [0.1, 0.15) is 23.2 Å². The van der Waals surface area contributed by atoms with Crippen LogP contribution in [0.15, 0.2) is 59.8 Å². The van der Waals surface area contributed by atoms with Gasteiger partial charge in [-0.3, -0.25) is 23.7 Å². The summed E-state index contributed by atoms with van der Waals surface area (Å²) < 4.78 is 8.15. The number of anilines is 1. The Morgan fingerprint density at radius 2 is 2.00 bits per heavy atom. The van der Waals surface area contributed by atoms with E-state index in [4.69, 9.17) is 4.74 Å². The topological polar surface area (TPSA) is 110 Å². The molecule has 4 rings (SSSR count). The lowest BCUT2D eigenvalue weighted by molar-refractivity contribution is -0.144. The molecule has 0 radical (unpaired) electrons. The van der Waals surface area contributed by atoms with E-state index in [0.29, 0.717) is 29.9 Å². The van der Waals surface area contributed by atoms with Crippen LogP contribution in [0.1, 0.15) is 25.1 Å². The lowest BCUT2D eigenvalue weighted by atomic mass is 10.0. The summed E-state index contributed by atoms with van der Waals surface area (Å²) in [4.78, 5) is 46.5. The molecule has 0 aromatic carbocycles. The van der Waals surface area contributed by atoms with E-state index in [2.05, 4.69) is 15.3 Å². The predicted octanol–water partition coefficient (Wildman–Crippen LogP) is 1.79. The summed E-state index contributed by atoms with van der Waals surface area (Å²) >= 11 is 0. The normalized spacial score (nSPS) is 12.2. The Balaban J connectivity index is 1.53. The molecule has 10 nitrogen and oxygen atoms in total. The predicted molar refractivity (Wildman–Crippen MR) is 126 cm³/mol. The van der Waals surface area contributed by atoms with E-state index in [1.54, 1.807) is 24.4 Å². The summed E-state index contributed by atoms with van der Waals surface area (Å²) in [5.41, 5.74) is 2.50. The first-order valence-electron chi connectivity index (χ1n) is 10.9. The van der Waals surface area contributed by atoms with Crippen LogP contribution in [-0.4, -0.2) is 44.3 Å². The zero-order valence-electron chi connectivity index (χ0n) is 19.2. The van der Waals surface area contributed by atoms with E-state index >= 15 is 0 Å². The SMILES string of the molecule is COC(=O)C(NCc1ccc2nc(CN(C=O)c3cc(=O)n4ccccc4n3)cn2c1)C(C)C. The van der Waals surface area contributed by atoms with Crippen LogP contribution in [0.4, 0.5) is 5.82 Å². The van der Waals surface area contributed by atoms with Crippen LogP contribution in [0.2, 0.25) is 0 Å². The summed E-state index contributed by atoms with van der Waals surface area (Å²) in [6, 6.07) is 9.95. The Morgan fingerprint density at radius 1 is 1.18 bits per heavy atom. The fourth-order valence-corrected chi connectivity index (χ4v) is 3.75. The van der Waals surface area contributed by atoms with Crippen molar-refractivity contribution in [2.45, 2.75) is 33.0 Å². The van der Waals surface area contributed by atoms with E-state index < -0.39 is 6.04 Å². The molecule has 0 spiro atoms. The van der Waals surface area contributed by atoms with Crippen LogP contribution in [0, 0.1) is 5.92 Å². The number of aromatic nitrogens is 4. The molecule has 4 aromatic heterocycles. The second kappa shape index (κ2) is 9.84. The van der Waals surface area contributed by atoms with Crippen molar-refractivity contribution in [1.29, 1.82) is 0 Å². The number of pyridine rings is 2. The first-order chi connectivity index (χ1) is 16.4. The van der Waals surface area contributed by atoms with Gasteiger partial charge in [0.25, 0.3) is 5.56 Å². The lowest BCUT2D eigenvalue weighted by Crippen LogP contribution is -2.41. The molecule has 0 saturated heterocycles. The number of amides is 1. The third-order valence-corrected chi connectivity index (χ3v) is 5.52. The molecule has 4 aromatic rings. The van der Waals surface area contributed by atoms with Crippen LogP contribution in [0.5, 0.6) is 0 Å². The lowest BCUT2D eigenvalue weighted by Gasteiger charge is -2.19. The Morgan fingerprint density at radius 3 is 2.74 bits per heavy atom. The number of methoxy groups -OCH3 is 1. The van der Waals surface area contributed by atoms with Crippen molar-refractivity contribution >= 4 is 29.5 Å². The van der Waals surface area contributed by atoms with Gasteiger partial charge < -0.3 is 14.5 Å². The van der Waals surface area contributed by atoms with Crippen molar-refractivity contribution in [3.8, 4) is 0 Å². The molecule has 0 bridgehead atoms. The number of nitrogens with zero attached hydrogens (tertiary/aromatic N) is 5. The number of imidazole rings is 1. The molecular formula is C24H26N6O4. The van der Waals surface area contributed by atoms with Crippen molar-refractivity contribution in [2.24, 2.45) is 5.92 Å². The average molecular weight is 463 g/mol. The Hall–Kier alpha value is -4.05. The van der Waals surface area contributed by atoms with Crippen LogP contribution < -0.4 is 15.8 Å². The molecule has 10 heteroatoms. The van der Waals surface area contributed by atoms with Crippen LogP contribution in [0.3, 0.4) is 0 Å². The minimum Gasteiger partial charge on any atom is -0.468 e. The number of rotatable bonds is 9. The van der Waals surface area contributed by atoms with Crippen molar-refractivity contribution in [2.75, 3.05) is 12.0 Å². The number of fused-ring (bicyclic) bond motifs is 2. The molecule has 0 aliphatic heterocycles. The van der Waals surface area contributed by atoms with Gasteiger partial charge in [-0.2, -0.15) is 0 Å². The van der Waals surface area contributed by atoms with Crippen molar-refractivity contribution in [3.05, 3.63) is 76.6 Å². The first kappa shape index (κ1) is 23.1. The Kier molecular flexibility index (Phi) is 6.69. The molecule has 0 saturated carbocycles. The molecule has 34 heavy (non-hydrogen) atoms. The van der Waals surface area contributed by atoms with Crippen LogP contribution >= 0.6 is 0 Å². The zero-order chi connectivity index (χ0) is 24.2. The maximum atomic E-state index is 12.4. The highest BCUT2D eigenvalue weighted by Crippen LogP contribution is 2.15. The summed E-state index contributed by atoms with van der Waals surface area (Å²) in [5, 5.41) is 3.24. The number of ether oxygens (including phenoxy) is 1. The molecule has 1 amide bonds. The highest BCUT2D eigenvalue weighted by atomic mass is 16.5. The van der Waals surface area contributed by atoms with Gasteiger partial charge >= 0.3 is 5.97 Å². The van der Waals surface area contributed by atoms with Gasteiger partial charge in [0.2, 0.25) is 6.41 Å². The summed E-state index contributed by atoms with van der Waals surface area (Å²) in [6.07, 6.45) is 6.01. The van der Waals surface area contributed by atoms with Crippen LogP contribution in [-0.2, 0) is 27.4 Å². The van der Waals surface area contributed by atoms with Crippen LogP contribution in [0.25, 0.3) is 11.3 Å². The Bertz CT molecular complexity index is 1390. The number of esters is 1. The molecule has 0 aliphatic rings. The molecular weight excluding hydrogens is 436 g/mol. The van der Waals surface area contributed by atoms with Gasteiger partial charge in [-0.1, -0.05) is 26.0 Å². The Labute approximate surface area is 195 Å². The van der Waals surface area contributed by atoms with Gasteiger partial charge in [0, 0.05) is 31.2 Å². The molecule has 0 fully saturated rings. The van der Waals surface area contributed by atoms with Gasteiger partial charge in [-0.15, -0.1) is 0 Å². The number of hydrogen-bond donors (Lipinski definition) is 1. The van der Waals surface area contributed by atoms with Crippen molar-refractivity contribution in [3.63, 3.8) is 0 Å². The maximum Gasteiger partial charge on any atom is 0.323 e. The van der Waals surface area contributed by atoms with Crippen molar-refractivity contribution < 1.29 is 14.3 Å². The molecule has 1 N–H and O–H groups in total. The zero-order valence-corrected chi connectivity index (χ0v) is 19.2. The molecule has 176 valence electrons. The fourth-order valence-electron chi connectivity index (χ4n) is 3.75. The minimum atomic E-state index is -0.404. The molecule has 1 atom stereocenters. The van der Waals surface area contributed by atoms with Gasteiger partial charge in [0.15, 0.2) is 0 Å². The summed E-state index contributed by atoms with van der Waals surface area (Å²) in [7, 11) is 1.38. The van der Waals surface area contributed by atoms with Gasteiger partial charge in [-0.25, -0.2) is 9.97 Å². The van der Waals surface area contributed by atoms with E-state index in [-0.39, 0.29) is 29.8 Å². The average Bonchev–Trinajstić information content (AvgIpc) is 3.24. The molecule has 0 aliphatic carbocycles. The highest BCUT2D eigenvalue weighted by molar-refractivity contribution is 5.76. The number of nitrogens with one attached hydrogen (secondary N) is 1. The summed E-state index contributed by atoms with van der Waals surface area (Å²) in [6.45, 7) is 4.55. The maximum absolute atomic E-state index is 12.4. The van der Waals surface area contributed by atoms with Crippen molar-refractivity contribution in [1.82, 2.24) is 24.1 Å². The minimum absolute atomic E-state index is 0.0853. The standard InChI is InChI=1S/C24H26N6O4/c1-16(2)23(24(33)34-3)25-11-17-7-8-19-26-18(13-28(19)12-17)14-29(15-31)21-10-22(32)30-9-5-4-6-20(30)27-21/h4-10,12-13,15-16,23,25H,11,14H2,1-3H3. The number of carbonyl (C=O) groups is 2.